The van der Waals surface area contributed by atoms with Crippen LogP contribution < -0.4 is 5.69 Å². The van der Waals surface area contributed by atoms with E-state index in [2.05, 4.69) is 9.72 Å². The molecule has 0 spiro atoms. The monoisotopic (exact) mass is 220 g/mol. The van der Waals surface area contributed by atoms with Gasteiger partial charge in [-0.05, 0) is 25.1 Å². The van der Waals surface area contributed by atoms with Gasteiger partial charge in [0, 0.05) is 6.54 Å². The van der Waals surface area contributed by atoms with Crippen LogP contribution in [0.4, 0.5) is 0 Å². The summed E-state index contributed by atoms with van der Waals surface area (Å²) in [4.78, 5) is 25.5. The van der Waals surface area contributed by atoms with Crippen molar-refractivity contribution in [3.63, 3.8) is 0 Å². The van der Waals surface area contributed by atoms with Crippen molar-refractivity contribution in [2.24, 2.45) is 0 Å². The number of esters is 1. The summed E-state index contributed by atoms with van der Waals surface area (Å²) in [7, 11) is 1.33. The van der Waals surface area contributed by atoms with Gasteiger partial charge in [-0.25, -0.2) is 9.59 Å². The van der Waals surface area contributed by atoms with E-state index in [1.807, 2.05) is 6.92 Å². The van der Waals surface area contributed by atoms with Gasteiger partial charge in [-0.2, -0.15) is 0 Å². The van der Waals surface area contributed by atoms with E-state index in [0.717, 1.165) is 5.52 Å². The number of aryl methyl sites for hydroxylation is 1. The van der Waals surface area contributed by atoms with E-state index in [4.69, 9.17) is 0 Å². The first-order valence-corrected chi connectivity index (χ1v) is 4.98. The quantitative estimate of drug-likeness (QED) is 0.772. The molecule has 0 radical (unpaired) electrons. The van der Waals surface area contributed by atoms with Gasteiger partial charge in [0.15, 0.2) is 0 Å². The highest BCUT2D eigenvalue weighted by Gasteiger charge is 2.09. The summed E-state index contributed by atoms with van der Waals surface area (Å²) in [6.07, 6.45) is 0. The Balaban J connectivity index is 2.65. The average molecular weight is 220 g/mol. The number of hydrogen-bond donors (Lipinski definition) is 1. The molecule has 2 aromatic rings. The van der Waals surface area contributed by atoms with E-state index >= 15 is 0 Å². The fourth-order valence-electron chi connectivity index (χ4n) is 1.72. The van der Waals surface area contributed by atoms with Crippen LogP contribution in [0.5, 0.6) is 0 Å². The molecular weight excluding hydrogens is 208 g/mol. The zero-order valence-corrected chi connectivity index (χ0v) is 9.11. The molecule has 0 fully saturated rings. The normalized spacial score (nSPS) is 10.6. The minimum Gasteiger partial charge on any atom is -0.465 e. The Morgan fingerprint density at radius 2 is 2.25 bits per heavy atom. The zero-order valence-electron chi connectivity index (χ0n) is 9.11. The number of fused-ring (bicyclic) bond motifs is 1. The molecule has 0 unspecified atom stereocenters. The molecule has 0 saturated carbocycles. The van der Waals surface area contributed by atoms with Crippen molar-refractivity contribution in [2.75, 3.05) is 7.11 Å². The molecule has 0 aliphatic carbocycles. The Bertz CT molecular complexity index is 595. The smallest absolute Gasteiger partial charge is 0.337 e. The fraction of sp³-hybridized carbons (Fsp3) is 0.273. The Kier molecular flexibility index (Phi) is 2.52. The summed E-state index contributed by atoms with van der Waals surface area (Å²) < 4.78 is 6.22. The predicted octanol–water partition coefficient (Wildman–Crippen LogP) is 1.14. The highest BCUT2D eigenvalue weighted by atomic mass is 16.5. The number of nitrogens with one attached hydrogen (secondary N) is 1. The van der Waals surface area contributed by atoms with Crippen molar-refractivity contribution in [2.45, 2.75) is 13.5 Å². The number of aromatic amines is 1. The lowest BCUT2D eigenvalue weighted by atomic mass is 10.2. The zero-order chi connectivity index (χ0) is 11.7. The molecule has 0 amide bonds. The van der Waals surface area contributed by atoms with Gasteiger partial charge in [0.2, 0.25) is 0 Å². The van der Waals surface area contributed by atoms with Crippen LogP contribution >= 0.6 is 0 Å². The van der Waals surface area contributed by atoms with Gasteiger partial charge in [0.1, 0.15) is 0 Å². The maximum atomic E-state index is 11.5. The molecule has 0 aliphatic rings. The summed E-state index contributed by atoms with van der Waals surface area (Å²) >= 11 is 0. The SMILES string of the molecule is CCn1c(=O)[nH]c2cc(C(=O)OC)ccc21. The third kappa shape index (κ3) is 1.50. The lowest BCUT2D eigenvalue weighted by Crippen LogP contribution is -2.14. The predicted molar refractivity (Wildman–Crippen MR) is 59.6 cm³/mol. The van der Waals surface area contributed by atoms with Crippen LogP contribution in [0.1, 0.15) is 17.3 Å². The van der Waals surface area contributed by atoms with E-state index in [-0.39, 0.29) is 5.69 Å². The first-order chi connectivity index (χ1) is 7.67. The highest BCUT2D eigenvalue weighted by Crippen LogP contribution is 2.13. The molecular formula is C11H12N2O3. The minimum absolute atomic E-state index is 0.167. The average Bonchev–Trinajstić information content (AvgIpc) is 2.62. The Hall–Kier alpha value is -2.04. The summed E-state index contributed by atoms with van der Waals surface area (Å²) in [5.41, 5.74) is 1.70. The molecule has 1 N–H and O–H groups in total. The number of carbonyl (C=O) groups is 1. The summed E-state index contributed by atoms with van der Waals surface area (Å²) in [6.45, 7) is 2.49. The molecule has 1 heterocycles. The maximum Gasteiger partial charge on any atom is 0.337 e. The molecule has 2 rings (SSSR count). The van der Waals surface area contributed by atoms with Crippen molar-refractivity contribution < 1.29 is 9.53 Å². The van der Waals surface area contributed by atoms with E-state index in [1.54, 1.807) is 22.8 Å². The second kappa shape index (κ2) is 3.84. The van der Waals surface area contributed by atoms with E-state index in [9.17, 15) is 9.59 Å². The van der Waals surface area contributed by atoms with E-state index < -0.39 is 5.97 Å². The van der Waals surface area contributed by atoms with Crippen LogP contribution in [0.2, 0.25) is 0 Å². The molecule has 0 bridgehead atoms. The molecule has 1 aromatic carbocycles. The van der Waals surface area contributed by atoms with Crippen molar-refractivity contribution in [3.8, 4) is 0 Å². The third-order valence-corrected chi connectivity index (χ3v) is 2.51. The number of aromatic nitrogens is 2. The van der Waals surface area contributed by atoms with Gasteiger partial charge in [-0.1, -0.05) is 0 Å². The number of hydrogen-bond acceptors (Lipinski definition) is 3. The minimum atomic E-state index is -0.410. The molecule has 0 atom stereocenters. The van der Waals surface area contributed by atoms with Crippen molar-refractivity contribution >= 4 is 17.0 Å². The van der Waals surface area contributed by atoms with Gasteiger partial charge >= 0.3 is 11.7 Å². The molecule has 0 aliphatic heterocycles. The van der Waals surface area contributed by atoms with Gasteiger partial charge in [-0.15, -0.1) is 0 Å². The van der Waals surface area contributed by atoms with Gasteiger partial charge in [-0.3, -0.25) is 4.57 Å². The lowest BCUT2D eigenvalue weighted by molar-refractivity contribution is 0.0601. The van der Waals surface area contributed by atoms with Gasteiger partial charge in [0.05, 0.1) is 23.7 Å². The van der Waals surface area contributed by atoms with Crippen molar-refractivity contribution in [3.05, 3.63) is 34.2 Å². The first kappa shape index (κ1) is 10.5. The number of imidazole rings is 1. The molecule has 0 saturated heterocycles. The van der Waals surface area contributed by atoms with Crippen LogP contribution in [-0.2, 0) is 11.3 Å². The number of carbonyl (C=O) groups excluding carboxylic acids is 1. The second-order valence-corrected chi connectivity index (χ2v) is 3.40. The maximum absolute atomic E-state index is 11.5. The van der Waals surface area contributed by atoms with Crippen LogP contribution in [-0.4, -0.2) is 22.6 Å². The molecule has 5 nitrogen and oxygen atoms in total. The number of benzene rings is 1. The largest absolute Gasteiger partial charge is 0.465 e. The van der Waals surface area contributed by atoms with Crippen molar-refractivity contribution in [1.29, 1.82) is 0 Å². The highest BCUT2D eigenvalue weighted by molar-refractivity contribution is 5.93. The molecule has 1 aromatic heterocycles. The lowest BCUT2D eigenvalue weighted by Gasteiger charge is -2.00. The number of nitrogens with zero attached hydrogens (tertiary/aromatic N) is 1. The first-order valence-electron chi connectivity index (χ1n) is 4.98. The number of rotatable bonds is 2. The second-order valence-electron chi connectivity index (χ2n) is 3.40. The van der Waals surface area contributed by atoms with E-state index in [0.29, 0.717) is 17.6 Å². The standard InChI is InChI=1S/C11H12N2O3/c1-3-13-9-5-4-7(10(14)16-2)6-8(9)12-11(13)15/h4-6H,3H2,1-2H3,(H,12,15). The van der Waals surface area contributed by atoms with E-state index in [1.165, 1.54) is 7.11 Å². The third-order valence-electron chi connectivity index (χ3n) is 2.51. The van der Waals surface area contributed by atoms with Crippen LogP contribution in [0.3, 0.4) is 0 Å². The van der Waals surface area contributed by atoms with Crippen LogP contribution in [0.15, 0.2) is 23.0 Å². The topological polar surface area (TPSA) is 64.1 Å². The number of H-pyrrole nitrogens is 1. The molecule has 84 valence electrons. The Labute approximate surface area is 91.6 Å². The van der Waals surface area contributed by atoms with Crippen LogP contribution in [0.25, 0.3) is 11.0 Å². The molecule has 5 heteroatoms. The number of ether oxygens (including phenoxy) is 1. The molecule has 16 heavy (non-hydrogen) atoms. The Morgan fingerprint density at radius 1 is 1.50 bits per heavy atom. The van der Waals surface area contributed by atoms with Crippen LogP contribution in [0, 0.1) is 0 Å². The number of methoxy groups -OCH3 is 1. The summed E-state index contributed by atoms with van der Waals surface area (Å²) in [5, 5.41) is 0. The summed E-state index contributed by atoms with van der Waals surface area (Å²) in [6, 6.07) is 5.01. The Morgan fingerprint density at radius 3 is 2.88 bits per heavy atom. The van der Waals surface area contributed by atoms with Gasteiger partial charge < -0.3 is 9.72 Å². The summed E-state index contributed by atoms with van der Waals surface area (Å²) in [5.74, 6) is -0.410. The fourth-order valence-corrected chi connectivity index (χ4v) is 1.72. The van der Waals surface area contributed by atoms with Gasteiger partial charge in [0.25, 0.3) is 0 Å². The van der Waals surface area contributed by atoms with Crippen molar-refractivity contribution in [1.82, 2.24) is 9.55 Å².